The van der Waals surface area contributed by atoms with E-state index in [-0.39, 0.29) is 11.9 Å². The highest BCUT2D eigenvalue weighted by molar-refractivity contribution is 9.10. The normalized spacial score (nSPS) is 21.0. The summed E-state index contributed by atoms with van der Waals surface area (Å²) in [5, 5.41) is 3.51. The van der Waals surface area contributed by atoms with Crippen molar-refractivity contribution >= 4 is 15.9 Å². The van der Waals surface area contributed by atoms with E-state index in [1.807, 2.05) is 12.1 Å². The fourth-order valence-electron chi connectivity index (χ4n) is 2.79. The van der Waals surface area contributed by atoms with Gasteiger partial charge in [-0.2, -0.15) is 0 Å². The Kier molecular flexibility index (Phi) is 5.37. The number of halogens is 2. The summed E-state index contributed by atoms with van der Waals surface area (Å²) in [6, 6.07) is 6.01. The highest BCUT2D eigenvalue weighted by Crippen LogP contribution is 2.26. The standard InChI is InChI=1S/C15H22BrFN2/c1-3-19(10-13-5-4-8-18-13)11(2)14-7-6-12(16)9-15(14)17/h6-7,9,11,13,18H,3-5,8,10H2,1-2H3. The predicted octanol–water partition coefficient (Wildman–Crippen LogP) is 3.72. The third-order valence-corrected chi connectivity index (χ3v) is 4.48. The van der Waals surface area contributed by atoms with E-state index in [1.54, 1.807) is 6.07 Å². The van der Waals surface area contributed by atoms with Gasteiger partial charge in [0, 0.05) is 28.7 Å². The topological polar surface area (TPSA) is 15.3 Å². The van der Waals surface area contributed by atoms with Gasteiger partial charge in [0.15, 0.2) is 0 Å². The number of rotatable bonds is 5. The molecule has 2 unspecified atom stereocenters. The second kappa shape index (κ2) is 6.82. The average molecular weight is 329 g/mol. The molecule has 1 aliphatic heterocycles. The smallest absolute Gasteiger partial charge is 0.129 e. The van der Waals surface area contributed by atoms with Crippen LogP contribution in [-0.4, -0.2) is 30.6 Å². The van der Waals surface area contributed by atoms with Crippen LogP contribution in [0.4, 0.5) is 4.39 Å². The van der Waals surface area contributed by atoms with Gasteiger partial charge in [-0.05, 0) is 45.0 Å². The number of nitrogens with one attached hydrogen (secondary N) is 1. The van der Waals surface area contributed by atoms with E-state index in [2.05, 4.69) is 40.0 Å². The lowest BCUT2D eigenvalue weighted by atomic mass is 10.1. The van der Waals surface area contributed by atoms with Gasteiger partial charge >= 0.3 is 0 Å². The Hall–Kier alpha value is -0.450. The molecule has 0 bridgehead atoms. The lowest BCUT2D eigenvalue weighted by Gasteiger charge is -2.31. The molecule has 2 rings (SSSR count). The van der Waals surface area contributed by atoms with E-state index in [0.29, 0.717) is 6.04 Å². The van der Waals surface area contributed by atoms with Crippen molar-refractivity contribution in [2.45, 2.75) is 38.8 Å². The van der Waals surface area contributed by atoms with Crippen LogP contribution < -0.4 is 5.32 Å². The molecule has 4 heteroatoms. The average Bonchev–Trinajstić information content (AvgIpc) is 2.88. The maximum Gasteiger partial charge on any atom is 0.129 e. The molecule has 1 fully saturated rings. The van der Waals surface area contributed by atoms with Gasteiger partial charge in [0.05, 0.1) is 0 Å². The summed E-state index contributed by atoms with van der Waals surface area (Å²) in [6.07, 6.45) is 2.48. The van der Waals surface area contributed by atoms with Crippen molar-refractivity contribution in [3.63, 3.8) is 0 Å². The maximum absolute atomic E-state index is 14.0. The van der Waals surface area contributed by atoms with Crippen molar-refractivity contribution in [2.24, 2.45) is 0 Å². The summed E-state index contributed by atoms with van der Waals surface area (Å²) in [4.78, 5) is 2.34. The molecule has 0 aromatic heterocycles. The molecule has 2 atom stereocenters. The number of benzene rings is 1. The first kappa shape index (κ1) is 14.9. The van der Waals surface area contributed by atoms with Gasteiger partial charge in [0.2, 0.25) is 0 Å². The van der Waals surface area contributed by atoms with Crippen LogP contribution in [0.3, 0.4) is 0 Å². The van der Waals surface area contributed by atoms with E-state index in [0.717, 1.165) is 29.7 Å². The number of hydrogen-bond acceptors (Lipinski definition) is 2. The summed E-state index contributed by atoms with van der Waals surface area (Å²) >= 11 is 3.31. The fraction of sp³-hybridized carbons (Fsp3) is 0.600. The van der Waals surface area contributed by atoms with E-state index in [4.69, 9.17) is 0 Å². The quantitative estimate of drug-likeness (QED) is 0.886. The second-order valence-corrected chi connectivity index (χ2v) is 6.14. The number of likely N-dealkylation sites (N-methyl/N-ethyl adjacent to an activating group) is 1. The van der Waals surface area contributed by atoms with Crippen molar-refractivity contribution in [3.8, 4) is 0 Å². The third-order valence-electron chi connectivity index (χ3n) is 3.98. The Morgan fingerprint density at radius 2 is 2.32 bits per heavy atom. The minimum Gasteiger partial charge on any atom is -0.313 e. The van der Waals surface area contributed by atoms with Gasteiger partial charge < -0.3 is 5.32 Å². The van der Waals surface area contributed by atoms with Crippen molar-refractivity contribution in [1.29, 1.82) is 0 Å². The van der Waals surface area contributed by atoms with Gasteiger partial charge in [-0.3, -0.25) is 4.90 Å². The Labute approximate surface area is 123 Å². The minimum absolute atomic E-state index is 0.112. The molecule has 0 spiro atoms. The number of nitrogens with zero attached hydrogens (tertiary/aromatic N) is 1. The van der Waals surface area contributed by atoms with Crippen LogP contribution in [0.5, 0.6) is 0 Å². The first-order chi connectivity index (χ1) is 9.11. The SMILES string of the molecule is CCN(CC1CCCN1)C(C)c1ccc(Br)cc1F. The Morgan fingerprint density at radius 3 is 2.89 bits per heavy atom. The van der Waals surface area contributed by atoms with E-state index in [1.165, 1.54) is 12.8 Å². The highest BCUT2D eigenvalue weighted by Gasteiger charge is 2.22. The molecule has 0 amide bonds. The van der Waals surface area contributed by atoms with Crippen LogP contribution in [0.2, 0.25) is 0 Å². The molecule has 1 heterocycles. The molecule has 0 radical (unpaired) electrons. The summed E-state index contributed by atoms with van der Waals surface area (Å²) in [7, 11) is 0. The van der Waals surface area contributed by atoms with Crippen molar-refractivity contribution < 1.29 is 4.39 Å². The Morgan fingerprint density at radius 1 is 1.53 bits per heavy atom. The van der Waals surface area contributed by atoms with E-state index >= 15 is 0 Å². The van der Waals surface area contributed by atoms with Gasteiger partial charge in [-0.1, -0.05) is 28.9 Å². The van der Waals surface area contributed by atoms with Gasteiger partial charge in [0.1, 0.15) is 5.82 Å². The molecule has 2 nitrogen and oxygen atoms in total. The van der Waals surface area contributed by atoms with Crippen molar-refractivity contribution in [3.05, 3.63) is 34.1 Å². The molecular weight excluding hydrogens is 307 g/mol. The molecule has 0 saturated carbocycles. The minimum atomic E-state index is -0.125. The van der Waals surface area contributed by atoms with Gasteiger partial charge in [-0.25, -0.2) is 4.39 Å². The predicted molar refractivity (Wildman–Crippen MR) is 80.8 cm³/mol. The van der Waals surface area contributed by atoms with Crippen LogP contribution in [0.15, 0.2) is 22.7 Å². The molecule has 19 heavy (non-hydrogen) atoms. The summed E-state index contributed by atoms with van der Waals surface area (Å²) < 4.78 is 14.8. The van der Waals surface area contributed by atoms with Crippen LogP contribution in [0.25, 0.3) is 0 Å². The van der Waals surface area contributed by atoms with Crippen molar-refractivity contribution in [2.75, 3.05) is 19.6 Å². The lowest BCUT2D eigenvalue weighted by molar-refractivity contribution is 0.199. The first-order valence-corrected chi connectivity index (χ1v) is 7.83. The Balaban J connectivity index is 2.08. The molecule has 1 aromatic carbocycles. The summed E-state index contributed by atoms with van der Waals surface area (Å²) in [6.45, 7) is 7.28. The lowest BCUT2D eigenvalue weighted by Crippen LogP contribution is -2.39. The van der Waals surface area contributed by atoms with Gasteiger partial charge in [-0.15, -0.1) is 0 Å². The van der Waals surface area contributed by atoms with Crippen LogP contribution in [0, 0.1) is 5.82 Å². The zero-order valence-corrected chi connectivity index (χ0v) is 13.2. The molecular formula is C15H22BrFN2. The van der Waals surface area contributed by atoms with Crippen molar-refractivity contribution in [1.82, 2.24) is 10.2 Å². The molecule has 1 saturated heterocycles. The molecule has 106 valence electrons. The third kappa shape index (κ3) is 3.77. The van der Waals surface area contributed by atoms with Crippen LogP contribution in [0.1, 0.15) is 38.3 Å². The largest absolute Gasteiger partial charge is 0.313 e. The van der Waals surface area contributed by atoms with E-state index < -0.39 is 0 Å². The van der Waals surface area contributed by atoms with Crippen LogP contribution >= 0.6 is 15.9 Å². The fourth-order valence-corrected chi connectivity index (χ4v) is 3.13. The molecule has 0 aliphatic carbocycles. The first-order valence-electron chi connectivity index (χ1n) is 7.04. The maximum atomic E-state index is 14.0. The van der Waals surface area contributed by atoms with Crippen LogP contribution in [-0.2, 0) is 0 Å². The summed E-state index contributed by atoms with van der Waals surface area (Å²) in [5.74, 6) is -0.125. The Bertz CT molecular complexity index is 419. The zero-order chi connectivity index (χ0) is 13.8. The van der Waals surface area contributed by atoms with E-state index in [9.17, 15) is 4.39 Å². The van der Waals surface area contributed by atoms with Gasteiger partial charge in [0.25, 0.3) is 0 Å². The molecule has 1 aliphatic rings. The number of hydrogen-bond donors (Lipinski definition) is 1. The second-order valence-electron chi connectivity index (χ2n) is 5.22. The summed E-state index contributed by atoms with van der Waals surface area (Å²) in [5.41, 5.74) is 0.781. The zero-order valence-electron chi connectivity index (χ0n) is 11.6. The molecule has 1 aromatic rings. The monoisotopic (exact) mass is 328 g/mol. The highest BCUT2D eigenvalue weighted by atomic mass is 79.9. The molecule has 1 N–H and O–H groups in total.